The maximum atomic E-state index is 11.1. The molecule has 1 unspecified atom stereocenters. The SMILES string of the molecule is CC(N)C(=O)NCCCc1ccccn1. The minimum Gasteiger partial charge on any atom is -0.355 e. The lowest BCUT2D eigenvalue weighted by atomic mass is 10.2. The summed E-state index contributed by atoms with van der Waals surface area (Å²) in [5, 5.41) is 2.76. The lowest BCUT2D eigenvalue weighted by Crippen LogP contribution is -2.38. The molecule has 1 aromatic rings. The van der Waals surface area contributed by atoms with E-state index in [0.29, 0.717) is 6.54 Å². The van der Waals surface area contributed by atoms with Crippen molar-refractivity contribution in [1.82, 2.24) is 10.3 Å². The molecular formula is C11H17N3O. The van der Waals surface area contributed by atoms with Gasteiger partial charge in [-0.15, -0.1) is 0 Å². The number of nitrogens with zero attached hydrogens (tertiary/aromatic N) is 1. The van der Waals surface area contributed by atoms with Gasteiger partial charge in [0.1, 0.15) is 0 Å². The van der Waals surface area contributed by atoms with Crippen molar-refractivity contribution in [1.29, 1.82) is 0 Å². The highest BCUT2D eigenvalue weighted by Gasteiger charge is 2.04. The second kappa shape index (κ2) is 6.14. The third-order valence-corrected chi connectivity index (χ3v) is 2.05. The summed E-state index contributed by atoms with van der Waals surface area (Å²) in [7, 11) is 0. The van der Waals surface area contributed by atoms with Gasteiger partial charge in [-0.1, -0.05) is 6.07 Å². The second-order valence-corrected chi connectivity index (χ2v) is 3.50. The van der Waals surface area contributed by atoms with Gasteiger partial charge < -0.3 is 11.1 Å². The van der Waals surface area contributed by atoms with E-state index in [-0.39, 0.29) is 5.91 Å². The monoisotopic (exact) mass is 207 g/mol. The van der Waals surface area contributed by atoms with Crippen LogP contribution in [0.3, 0.4) is 0 Å². The van der Waals surface area contributed by atoms with Crippen molar-refractivity contribution < 1.29 is 4.79 Å². The van der Waals surface area contributed by atoms with Crippen LogP contribution in [-0.4, -0.2) is 23.5 Å². The first-order chi connectivity index (χ1) is 7.20. The van der Waals surface area contributed by atoms with Crippen molar-refractivity contribution in [2.75, 3.05) is 6.54 Å². The Bertz CT molecular complexity index is 298. The number of rotatable bonds is 5. The minimum atomic E-state index is -0.431. The third-order valence-electron chi connectivity index (χ3n) is 2.05. The highest BCUT2D eigenvalue weighted by Crippen LogP contribution is 1.96. The van der Waals surface area contributed by atoms with Gasteiger partial charge in [-0.05, 0) is 31.9 Å². The molecule has 82 valence electrons. The molecule has 0 radical (unpaired) electrons. The van der Waals surface area contributed by atoms with Gasteiger partial charge in [-0.3, -0.25) is 9.78 Å². The fraction of sp³-hybridized carbons (Fsp3) is 0.455. The van der Waals surface area contributed by atoms with E-state index in [1.165, 1.54) is 0 Å². The lowest BCUT2D eigenvalue weighted by molar-refractivity contribution is -0.121. The van der Waals surface area contributed by atoms with Gasteiger partial charge in [0.05, 0.1) is 6.04 Å². The van der Waals surface area contributed by atoms with Crippen LogP contribution in [0.15, 0.2) is 24.4 Å². The van der Waals surface area contributed by atoms with Crippen LogP contribution in [0.2, 0.25) is 0 Å². The zero-order valence-corrected chi connectivity index (χ0v) is 8.94. The normalized spacial score (nSPS) is 12.1. The number of hydrogen-bond donors (Lipinski definition) is 2. The molecule has 0 aromatic carbocycles. The molecule has 0 saturated carbocycles. The molecule has 4 nitrogen and oxygen atoms in total. The van der Waals surface area contributed by atoms with Gasteiger partial charge in [-0.2, -0.15) is 0 Å². The first kappa shape index (κ1) is 11.7. The number of aromatic nitrogens is 1. The summed E-state index contributed by atoms with van der Waals surface area (Å²) in [6.07, 6.45) is 3.53. The van der Waals surface area contributed by atoms with Crippen LogP contribution in [-0.2, 0) is 11.2 Å². The van der Waals surface area contributed by atoms with E-state index in [1.807, 2.05) is 18.2 Å². The summed E-state index contributed by atoms with van der Waals surface area (Å²) in [5.41, 5.74) is 6.45. The van der Waals surface area contributed by atoms with Crippen LogP contribution in [0.4, 0.5) is 0 Å². The maximum absolute atomic E-state index is 11.1. The van der Waals surface area contributed by atoms with Crippen molar-refractivity contribution >= 4 is 5.91 Å². The second-order valence-electron chi connectivity index (χ2n) is 3.50. The number of carbonyl (C=O) groups is 1. The molecule has 0 aliphatic heterocycles. The van der Waals surface area contributed by atoms with Crippen LogP contribution in [0.25, 0.3) is 0 Å². The Balaban J connectivity index is 2.15. The molecule has 0 saturated heterocycles. The van der Waals surface area contributed by atoms with E-state index in [4.69, 9.17) is 5.73 Å². The lowest BCUT2D eigenvalue weighted by Gasteiger charge is -2.06. The Morgan fingerprint density at radius 3 is 3.00 bits per heavy atom. The van der Waals surface area contributed by atoms with Crippen LogP contribution >= 0.6 is 0 Å². The minimum absolute atomic E-state index is 0.101. The highest BCUT2D eigenvalue weighted by molar-refractivity contribution is 5.80. The highest BCUT2D eigenvalue weighted by atomic mass is 16.2. The molecule has 0 spiro atoms. The molecule has 1 rings (SSSR count). The molecule has 0 fully saturated rings. The third kappa shape index (κ3) is 4.56. The number of amides is 1. The Kier molecular flexibility index (Phi) is 4.77. The van der Waals surface area contributed by atoms with Crippen molar-refractivity contribution in [3.63, 3.8) is 0 Å². The number of aryl methyl sites for hydroxylation is 1. The van der Waals surface area contributed by atoms with Crippen molar-refractivity contribution in [2.24, 2.45) is 5.73 Å². The number of nitrogens with one attached hydrogen (secondary N) is 1. The van der Waals surface area contributed by atoms with Crippen molar-refractivity contribution in [3.05, 3.63) is 30.1 Å². The predicted octanol–water partition coefficient (Wildman–Crippen LogP) is 0.478. The molecule has 0 aliphatic carbocycles. The summed E-state index contributed by atoms with van der Waals surface area (Å²) in [4.78, 5) is 15.3. The van der Waals surface area contributed by atoms with Gasteiger partial charge in [0.25, 0.3) is 0 Å². The van der Waals surface area contributed by atoms with Gasteiger partial charge in [0.2, 0.25) is 5.91 Å². The van der Waals surface area contributed by atoms with Crippen LogP contribution < -0.4 is 11.1 Å². The van der Waals surface area contributed by atoms with E-state index in [1.54, 1.807) is 13.1 Å². The molecule has 1 aromatic heterocycles. The average molecular weight is 207 g/mol. The van der Waals surface area contributed by atoms with Crippen LogP contribution in [0.5, 0.6) is 0 Å². The van der Waals surface area contributed by atoms with E-state index in [2.05, 4.69) is 10.3 Å². The molecule has 0 bridgehead atoms. The molecule has 0 aliphatic rings. The maximum Gasteiger partial charge on any atom is 0.236 e. The molecule has 15 heavy (non-hydrogen) atoms. The quantitative estimate of drug-likeness (QED) is 0.690. The van der Waals surface area contributed by atoms with Crippen LogP contribution in [0, 0.1) is 0 Å². The van der Waals surface area contributed by atoms with E-state index >= 15 is 0 Å². The van der Waals surface area contributed by atoms with Crippen molar-refractivity contribution in [3.8, 4) is 0 Å². The predicted molar refractivity (Wildman–Crippen MR) is 59.2 cm³/mol. The van der Waals surface area contributed by atoms with Crippen LogP contribution in [0.1, 0.15) is 19.0 Å². The summed E-state index contributed by atoms with van der Waals surface area (Å²) in [5.74, 6) is -0.101. The Labute approximate surface area is 89.9 Å². The molecule has 1 heterocycles. The molecule has 4 heteroatoms. The molecule has 1 atom stereocenters. The first-order valence-electron chi connectivity index (χ1n) is 5.13. The number of pyridine rings is 1. The van der Waals surface area contributed by atoms with E-state index in [0.717, 1.165) is 18.5 Å². The number of nitrogens with two attached hydrogens (primary N) is 1. The van der Waals surface area contributed by atoms with Gasteiger partial charge in [-0.25, -0.2) is 0 Å². The van der Waals surface area contributed by atoms with E-state index < -0.39 is 6.04 Å². The smallest absolute Gasteiger partial charge is 0.236 e. The number of hydrogen-bond acceptors (Lipinski definition) is 3. The zero-order chi connectivity index (χ0) is 11.1. The fourth-order valence-corrected chi connectivity index (χ4v) is 1.19. The summed E-state index contributed by atoms with van der Waals surface area (Å²) >= 11 is 0. The molecular weight excluding hydrogens is 190 g/mol. The largest absolute Gasteiger partial charge is 0.355 e. The molecule has 3 N–H and O–H groups in total. The summed E-state index contributed by atoms with van der Waals surface area (Å²) in [6.45, 7) is 2.32. The first-order valence-corrected chi connectivity index (χ1v) is 5.13. The van der Waals surface area contributed by atoms with Crippen molar-refractivity contribution in [2.45, 2.75) is 25.8 Å². The van der Waals surface area contributed by atoms with Gasteiger partial charge in [0.15, 0.2) is 0 Å². The summed E-state index contributed by atoms with van der Waals surface area (Å²) in [6, 6.07) is 5.40. The zero-order valence-electron chi connectivity index (χ0n) is 8.94. The Hall–Kier alpha value is -1.42. The van der Waals surface area contributed by atoms with Gasteiger partial charge in [0, 0.05) is 18.4 Å². The molecule has 1 amide bonds. The fourth-order valence-electron chi connectivity index (χ4n) is 1.19. The topological polar surface area (TPSA) is 68.0 Å². The summed E-state index contributed by atoms with van der Waals surface area (Å²) < 4.78 is 0. The Morgan fingerprint density at radius 1 is 1.60 bits per heavy atom. The van der Waals surface area contributed by atoms with Gasteiger partial charge >= 0.3 is 0 Å². The van der Waals surface area contributed by atoms with E-state index in [9.17, 15) is 4.79 Å². The Morgan fingerprint density at radius 2 is 2.40 bits per heavy atom. The standard InChI is InChI=1S/C11H17N3O/c1-9(12)11(15)14-8-4-6-10-5-2-3-7-13-10/h2-3,5,7,9H,4,6,8,12H2,1H3,(H,14,15). The number of carbonyl (C=O) groups excluding carboxylic acids is 1. The average Bonchev–Trinajstić information content (AvgIpc) is 2.25.